The summed E-state index contributed by atoms with van der Waals surface area (Å²) in [6.07, 6.45) is 1.53. The van der Waals surface area contributed by atoms with Crippen LogP contribution in [0.3, 0.4) is 0 Å². The van der Waals surface area contributed by atoms with Gasteiger partial charge in [-0.25, -0.2) is 0 Å². The van der Waals surface area contributed by atoms with Gasteiger partial charge in [-0.2, -0.15) is 0 Å². The van der Waals surface area contributed by atoms with E-state index in [1.54, 1.807) is 7.11 Å². The first kappa shape index (κ1) is 8.96. The fourth-order valence-electron chi connectivity index (χ4n) is 0.606. The normalized spacial score (nSPS) is 15.7. The van der Waals surface area contributed by atoms with Crippen molar-refractivity contribution in [3.63, 3.8) is 0 Å². The Hall–Kier alpha value is -0.0400. The Morgan fingerprint density at radius 3 is 2.00 bits per heavy atom. The molecule has 0 aromatic rings. The summed E-state index contributed by atoms with van der Waals surface area (Å²) in [7, 11) is 1.77. The van der Waals surface area contributed by atoms with E-state index in [0.717, 1.165) is 0 Å². The van der Waals surface area contributed by atoms with Gasteiger partial charge >= 0.3 is 0 Å². The van der Waals surface area contributed by atoms with Gasteiger partial charge in [-0.3, -0.25) is 0 Å². The fraction of sp³-hybridized carbons (Fsp3) is 1.00. The molecule has 0 fully saturated rings. The van der Waals surface area contributed by atoms with Crippen molar-refractivity contribution in [3.8, 4) is 0 Å². The Balaban J connectivity index is 3.80. The van der Waals surface area contributed by atoms with Crippen molar-refractivity contribution in [2.24, 2.45) is 5.41 Å². The van der Waals surface area contributed by atoms with Crippen molar-refractivity contribution >= 4 is 0 Å². The van der Waals surface area contributed by atoms with Gasteiger partial charge in [0, 0.05) is 7.11 Å². The molecule has 0 aliphatic rings. The molecule has 0 rings (SSSR count). The Morgan fingerprint density at radius 2 is 1.89 bits per heavy atom. The van der Waals surface area contributed by atoms with E-state index in [4.69, 9.17) is 4.74 Å². The smallest absolute Gasteiger partial charge is 0.0594 e. The molecule has 1 atom stereocenters. The van der Waals surface area contributed by atoms with Crippen molar-refractivity contribution in [1.82, 2.24) is 0 Å². The van der Waals surface area contributed by atoms with Crippen LogP contribution in [0.1, 0.15) is 34.1 Å². The molecule has 0 heterocycles. The molecule has 1 nitrogen and oxygen atoms in total. The van der Waals surface area contributed by atoms with Crippen LogP contribution in [0.5, 0.6) is 0 Å². The largest absolute Gasteiger partial charge is 0.381 e. The molecule has 0 aromatic heterocycles. The van der Waals surface area contributed by atoms with Gasteiger partial charge in [0.1, 0.15) is 0 Å². The van der Waals surface area contributed by atoms with Gasteiger partial charge in [0.2, 0.25) is 0 Å². The summed E-state index contributed by atoms with van der Waals surface area (Å²) in [4.78, 5) is 0. The van der Waals surface area contributed by atoms with Crippen molar-refractivity contribution in [2.75, 3.05) is 7.11 Å². The van der Waals surface area contributed by atoms with E-state index >= 15 is 0 Å². The molecule has 0 saturated carbocycles. The van der Waals surface area contributed by atoms with Crippen molar-refractivity contribution in [3.05, 3.63) is 0 Å². The van der Waals surface area contributed by atoms with Gasteiger partial charge in [0.15, 0.2) is 0 Å². The summed E-state index contributed by atoms with van der Waals surface area (Å²) >= 11 is 0. The lowest BCUT2D eigenvalue weighted by Crippen LogP contribution is -2.27. The second kappa shape index (κ2) is 3.21. The van der Waals surface area contributed by atoms with Crippen molar-refractivity contribution in [1.29, 1.82) is 0 Å². The van der Waals surface area contributed by atoms with E-state index in [0.29, 0.717) is 11.5 Å². The number of rotatable bonds is 3. The van der Waals surface area contributed by atoms with Crippen LogP contribution in [-0.2, 0) is 4.74 Å². The Morgan fingerprint density at radius 1 is 1.44 bits per heavy atom. The molecule has 0 aliphatic heterocycles. The Kier molecular flexibility index (Phi) is 3.20. The number of hydrogen-bond donors (Lipinski definition) is 0. The summed E-state index contributed by atoms with van der Waals surface area (Å²) in [5.41, 5.74) is 0.328. The monoisotopic (exact) mass is 130 g/mol. The quantitative estimate of drug-likeness (QED) is 0.570. The second-order valence-corrected chi connectivity index (χ2v) is 3.22. The third-order valence-electron chi connectivity index (χ3n) is 2.37. The average molecular weight is 130 g/mol. The first-order valence-electron chi connectivity index (χ1n) is 3.57. The van der Waals surface area contributed by atoms with Gasteiger partial charge in [-0.15, -0.1) is 0 Å². The lowest BCUT2D eigenvalue weighted by Gasteiger charge is -2.28. The van der Waals surface area contributed by atoms with Crippen molar-refractivity contribution in [2.45, 2.75) is 40.2 Å². The molecule has 1 unspecified atom stereocenters. The van der Waals surface area contributed by atoms with Gasteiger partial charge in [0.05, 0.1) is 6.10 Å². The molecule has 0 saturated heterocycles. The van der Waals surface area contributed by atoms with Gasteiger partial charge in [-0.1, -0.05) is 20.8 Å². The molecule has 0 N–H and O–H groups in total. The molecule has 0 amide bonds. The summed E-state index contributed by atoms with van der Waals surface area (Å²) < 4.78 is 5.21. The molecule has 0 aromatic carbocycles. The van der Waals surface area contributed by atoms with E-state index in [1.807, 2.05) is 0 Å². The van der Waals surface area contributed by atoms with Crippen LogP contribution in [0.15, 0.2) is 0 Å². The minimum absolute atomic E-state index is 0.328. The van der Waals surface area contributed by atoms with Crippen LogP contribution in [0, 0.1) is 5.41 Å². The van der Waals surface area contributed by atoms with Crippen LogP contribution in [0.2, 0.25) is 0 Å². The summed E-state index contributed by atoms with van der Waals surface area (Å²) in [5.74, 6) is 0. The predicted octanol–water partition coefficient (Wildman–Crippen LogP) is 2.46. The second-order valence-electron chi connectivity index (χ2n) is 3.22. The summed E-state index contributed by atoms with van der Waals surface area (Å²) in [5, 5.41) is 0. The highest BCUT2D eigenvalue weighted by Crippen LogP contribution is 2.25. The van der Waals surface area contributed by atoms with E-state index < -0.39 is 0 Å². The average Bonchev–Trinajstić information content (AvgIpc) is 1.86. The summed E-state index contributed by atoms with van der Waals surface area (Å²) in [6.45, 7) is 8.75. The standard InChI is InChI=1S/C8H18O/c1-6-8(3,4)7(2)9-5/h7H,6H2,1-5H3. The van der Waals surface area contributed by atoms with Crippen LogP contribution < -0.4 is 0 Å². The summed E-state index contributed by atoms with van der Waals surface area (Å²) in [6, 6.07) is 0. The number of ether oxygens (including phenoxy) is 1. The highest BCUT2D eigenvalue weighted by atomic mass is 16.5. The zero-order valence-corrected chi connectivity index (χ0v) is 7.19. The van der Waals surface area contributed by atoms with E-state index in [1.165, 1.54) is 6.42 Å². The molecule has 0 spiro atoms. The Labute approximate surface area is 58.4 Å². The first-order valence-corrected chi connectivity index (χ1v) is 3.57. The van der Waals surface area contributed by atoms with E-state index in [2.05, 4.69) is 27.7 Å². The molecular weight excluding hydrogens is 112 g/mol. The van der Waals surface area contributed by atoms with Crippen LogP contribution in [0.4, 0.5) is 0 Å². The number of methoxy groups -OCH3 is 1. The third-order valence-corrected chi connectivity index (χ3v) is 2.37. The third kappa shape index (κ3) is 2.35. The zero-order chi connectivity index (χ0) is 7.49. The van der Waals surface area contributed by atoms with Gasteiger partial charge in [0.25, 0.3) is 0 Å². The zero-order valence-electron chi connectivity index (χ0n) is 7.19. The Bertz CT molecular complexity index is 76.6. The van der Waals surface area contributed by atoms with Crippen LogP contribution >= 0.6 is 0 Å². The maximum atomic E-state index is 5.21. The van der Waals surface area contributed by atoms with E-state index in [9.17, 15) is 0 Å². The van der Waals surface area contributed by atoms with Gasteiger partial charge < -0.3 is 4.74 Å². The lowest BCUT2D eigenvalue weighted by atomic mass is 9.85. The van der Waals surface area contributed by atoms with Crippen LogP contribution in [-0.4, -0.2) is 13.2 Å². The SMILES string of the molecule is CCC(C)(C)C(C)OC. The first-order chi connectivity index (χ1) is 4.04. The minimum Gasteiger partial charge on any atom is -0.381 e. The minimum atomic E-state index is 0.328. The fourth-order valence-corrected chi connectivity index (χ4v) is 0.606. The molecule has 1 heteroatoms. The molecule has 9 heavy (non-hydrogen) atoms. The predicted molar refractivity (Wildman–Crippen MR) is 40.5 cm³/mol. The molecule has 0 aliphatic carbocycles. The highest BCUT2D eigenvalue weighted by molar-refractivity contribution is 4.72. The maximum Gasteiger partial charge on any atom is 0.0594 e. The van der Waals surface area contributed by atoms with Gasteiger partial charge in [-0.05, 0) is 18.8 Å². The van der Waals surface area contributed by atoms with Crippen LogP contribution in [0.25, 0.3) is 0 Å². The topological polar surface area (TPSA) is 9.23 Å². The highest BCUT2D eigenvalue weighted by Gasteiger charge is 2.22. The molecular formula is C8H18O. The molecule has 0 bridgehead atoms. The van der Waals surface area contributed by atoms with Crippen molar-refractivity contribution < 1.29 is 4.74 Å². The maximum absolute atomic E-state index is 5.21. The number of hydrogen-bond acceptors (Lipinski definition) is 1. The molecule has 56 valence electrons. The lowest BCUT2D eigenvalue weighted by molar-refractivity contribution is 0.0189. The van der Waals surface area contributed by atoms with E-state index in [-0.39, 0.29) is 0 Å². The molecule has 0 radical (unpaired) electrons.